The summed E-state index contributed by atoms with van der Waals surface area (Å²) in [6.45, 7) is 2.48. The zero-order valence-corrected chi connectivity index (χ0v) is 14.3. The third-order valence-corrected chi connectivity index (χ3v) is 4.35. The zero-order chi connectivity index (χ0) is 17.6. The lowest BCUT2D eigenvalue weighted by Crippen LogP contribution is -1.98. The number of hydrogen-bond donors (Lipinski definition) is 1. The Bertz CT molecular complexity index is 822. The lowest BCUT2D eigenvalue weighted by Gasteiger charge is -2.04. The van der Waals surface area contributed by atoms with Gasteiger partial charge in [-0.05, 0) is 55.5 Å². The molecule has 1 N–H and O–H groups in total. The minimum Gasteiger partial charge on any atom is -0.494 e. The van der Waals surface area contributed by atoms with Crippen LogP contribution in [0.3, 0.4) is 0 Å². The summed E-state index contributed by atoms with van der Waals surface area (Å²) in [5, 5.41) is 2.93. The van der Waals surface area contributed by atoms with Crippen molar-refractivity contribution in [1.29, 1.82) is 0 Å². The first-order valence-electron chi connectivity index (χ1n) is 7.40. The Hall–Kier alpha value is -2.60. The second kappa shape index (κ2) is 7.79. The van der Waals surface area contributed by atoms with Gasteiger partial charge in [0, 0.05) is 29.8 Å². The molecule has 0 aliphatic rings. The molecular weight excluding hydrogens is 326 g/mol. The minimum absolute atomic E-state index is 0.140. The Morgan fingerprint density at radius 2 is 1.71 bits per heavy atom. The fourth-order valence-corrected chi connectivity index (χ4v) is 2.62. The van der Waals surface area contributed by atoms with E-state index in [0.29, 0.717) is 17.9 Å². The fraction of sp³-hybridized carbons (Fsp3) is 0.167. The van der Waals surface area contributed by atoms with Crippen LogP contribution in [-0.4, -0.2) is 27.1 Å². The first-order valence-corrected chi connectivity index (χ1v) is 9.29. The van der Waals surface area contributed by atoms with E-state index in [4.69, 9.17) is 4.74 Å². The number of hydrogen-bond acceptors (Lipinski definition) is 5. The predicted molar refractivity (Wildman–Crippen MR) is 94.3 cm³/mol. The predicted octanol–water partition coefficient (Wildman–Crippen LogP) is 3.30. The van der Waals surface area contributed by atoms with E-state index in [2.05, 4.69) is 5.32 Å². The molecule has 0 heterocycles. The van der Waals surface area contributed by atoms with Crippen molar-refractivity contribution >= 4 is 21.3 Å². The molecule has 0 radical (unpaired) electrons. The van der Waals surface area contributed by atoms with Gasteiger partial charge in [0.25, 0.3) is 0 Å². The monoisotopic (exact) mass is 345 g/mol. The molecule has 24 heavy (non-hydrogen) atoms. The van der Waals surface area contributed by atoms with Crippen LogP contribution in [0.4, 0.5) is 5.69 Å². The Labute approximate surface area is 141 Å². The Morgan fingerprint density at radius 3 is 2.25 bits per heavy atom. The molecule has 126 valence electrons. The van der Waals surface area contributed by atoms with Crippen molar-refractivity contribution in [2.75, 3.05) is 18.2 Å². The summed E-state index contributed by atoms with van der Waals surface area (Å²) in [4.78, 5) is 12.3. The number of sulfone groups is 1. The molecule has 0 aliphatic carbocycles. The average Bonchev–Trinajstić information content (AvgIpc) is 2.55. The Kier molecular flexibility index (Phi) is 5.76. The molecule has 0 spiro atoms. The molecule has 0 aromatic heterocycles. The van der Waals surface area contributed by atoms with E-state index in [9.17, 15) is 13.2 Å². The first kappa shape index (κ1) is 17.7. The van der Waals surface area contributed by atoms with Crippen LogP contribution in [0.5, 0.6) is 5.75 Å². The van der Waals surface area contributed by atoms with E-state index in [1.807, 2.05) is 6.92 Å². The zero-order valence-electron chi connectivity index (χ0n) is 13.5. The highest BCUT2D eigenvalue weighted by Crippen LogP contribution is 2.15. The van der Waals surface area contributed by atoms with Crippen LogP contribution in [0.1, 0.15) is 17.3 Å². The van der Waals surface area contributed by atoms with Crippen molar-refractivity contribution in [1.82, 2.24) is 0 Å². The second-order valence-electron chi connectivity index (χ2n) is 5.10. The lowest BCUT2D eigenvalue weighted by atomic mass is 10.1. The van der Waals surface area contributed by atoms with Gasteiger partial charge in [-0.3, -0.25) is 4.79 Å². The van der Waals surface area contributed by atoms with E-state index in [1.54, 1.807) is 36.4 Å². The maximum atomic E-state index is 12.0. The molecule has 2 rings (SSSR count). The van der Waals surface area contributed by atoms with Crippen molar-refractivity contribution in [2.24, 2.45) is 0 Å². The van der Waals surface area contributed by atoms with Crippen molar-refractivity contribution in [3.8, 4) is 5.75 Å². The van der Waals surface area contributed by atoms with Crippen LogP contribution in [0.2, 0.25) is 0 Å². The van der Waals surface area contributed by atoms with Gasteiger partial charge in [0.2, 0.25) is 0 Å². The van der Waals surface area contributed by atoms with E-state index in [1.165, 1.54) is 24.4 Å². The van der Waals surface area contributed by atoms with E-state index in [0.717, 1.165) is 12.0 Å². The number of nitrogens with one attached hydrogen (secondary N) is 1. The van der Waals surface area contributed by atoms with Crippen LogP contribution < -0.4 is 10.1 Å². The summed E-state index contributed by atoms with van der Waals surface area (Å²) in [6.07, 6.45) is 4.10. The third-order valence-electron chi connectivity index (χ3n) is 3.22. The smallest absolute Gasteiger partial charge is 0.187 e. The Morgan fingerprint density at radius 1 is 1.08 bits per heavy atom. The lowest BCUT2D eigenvalue weighted by molar-refractivity contribution is 0.104. The number of carbonyl (C=O) groups excluding carboxylic acids is 1. The van der Waals surface area contributed by atoms with E-state index in [-0.39, 0.29) is 10.7 Å². The normalized spacial score (nSPS) is 11.4. The SMILES string of the molecule is CCOc1ccc(C(=O)/C=C/Nc2ccc(S(C)(=O)=O)cc2)cc1. The van der Waals surface area contributed by atoms with Crippen molar-refractivity contribution in [3.63, 3.8) is 0 Å². The van der Waals surface area contributed by atoms with Crippen molar-refractivity contribution < 1.29 is 17.9 Å². The minimum atomic E-state index is -3.21. The number of carbonyl (C=O) groups is 1. The fourth-order valence-electron chi connectivity index (χ4n) is 1.99. The van der Waals surface area contributed by atoms with Gasteiger partial charge in [-0.2, -0.15) is 0 Å². The summed E-state index contributed by atoms with van der Waals surface area (Å²) in [7, 11) is -3.21. The molecule has 0 atom stereocenters. The molecule has 0 saturated heterocycles. The molecule has 0 amide bonds. The molecule has 6 heteroatoms. The molecule has 5 nitrogen and oxygen atoms in total. The van der Waals surface area contributed by atoms with Gasteiger partial charge in [0.05, 0.1) is 11.5 Å². The molecule has 0 saturated carbocycles. The highest BCUT2D eigenvalue weighted by atomic mass is 32.2. The molecule has 0 bridgehead atoms. The van der Waals surface area contributed by atoms with Crippen molar-refractivity contribution in [2.45, 2.75) is 11.8 Å². The van der Waals surface area contributed by atoms with E-state index < -0.39 is 9.84 Å². The molecular formula is C18H19NO4S. The van der Waals surface area contributed by atoms with Crippen LogP contribution in [-0.2, 0) is 9.84 Å². The van der Waals surface area contributed by atoms with Crippen LogP contribution in [0, 0.1) is 0 Å². The van der Waals surface area contributed by atoms with Crippen LogP contribution in [0.25, 0.3) is 0 Å². The molecule has 2 aromatic rings. The summed E-state index contributed by atoms with van der Waals surface area (Å²) in [5.74, 6) is 0.584. The topological polar surface area (TPSA) is 72.5 Å². The molecule has 2 aromatic carbocycles. The standard InChI is InChI=1S/C18H19NO4S/c1-3-23-16-8-4-14(5-9-16)18(20)12-13-19-15-6-10-17(11-7-15)24(2,21)22/h4-13,19H,3H2,1-2H3/b13-12+. The van der Waals surface area contributed by atoms with Crippen LogP contribution in [0.15, 0.2) is 65.7 Å². The largest absolute Gasteiger partial charge is 0.494 e. The highest BCUT2D eigenvalue weighted by Gasteiger charge is 2.05. The maximum absolute atomic E-state index is 12.0. The number of ketones is 1. The molecule has 0 fully saturated rings. The molecule has 0 unspecified atom stereocenters. The van der Waals surface area contributed by atoms with E-state index >= 15 is 0 Å². The number of benzene rings is 2. The summed E-state index contributed by atoms with van der Waals surface area (Å²) < 4.78 is 28.1. The van der Waals surface area contributed by atoms with Gasteiger partial charge < -0.3 is 10.1 Å². The number of rotatable bonds is 7. The van der Waals surface area contributed by atoms with Crippen LogP contribution >= 0.6 is 0 Å². The Balaban J connectivity index is 1.96. The van der Waals surface area contributed by atoms with Gasteiger partial charge in [0.15, 0.2) is 15.6 Å². The van der Waals surface area contributed by atoms with Gasteiger partial charge in [-0.1, -0.05) is 0 Å². The molecule has 0 aliphatic heterocycles. The van der Waals surface area contributed by atoms with Gasteiger partial charge in [-0.15, -0.1) is 0 Å². The first-order chi connectivity index (χ1) is 11.4. The quantitative estimate of drug-likeness (QED) is 0.616. The number of ether oxygens (including phenoxy) is 1. The van der Waals surface area contributed by atoms with Crippen molar-refractivity contribution in [3.05, 3.63) is 66.4 Å². The average molecular weight is 345 g/mol. The highest BCUT2D eigenvalue weighted by molar-refractivity contribution is 7.90. The number of anilines is 1. The van der Waals surface area contributed by atoms with Gasteiger partial charge in [0.1, 0.15) is 5.75 Å². The third kappa shape index (κ3) is 4.96. The summed E-state index contributed by atoms with van der Waals surface area (Å²) in [6, 6.07) is 13.2. The van der Waals surface area contributed by atoms with Gasteiger partial charge >= 0.3 is 0 Å². The summed E-state index contributed by atoms with van der Waals surface area (Å²) >= 11 is 0. The maximum Gasteiger partial charge on any atom is 0.187 e. The second-order valence-corrected chi connectivity index (χ2v) is 7.11. The van der Waals surface area contributed by atoms with Gasteiger partial charge in [-0.25, -0.2) is 8.42 Å². The summed E-state index contributed by atoms with van der Waals surface area (Å²) in [5.41, 5.74) is 1.25. The number of allylic oxidation sites excluding steroid dienone is 1.